The molecule has 0 radical (unpaired) electrons. The summed E-state index contributed by atoms with van der Waals surface area (Å²) >= 11 is 0. The number of nitro groups is 1. The van der Waals surface area contributed by atoms with Gasteiger partial charge in [-0.05, 0) is 24.8 Å². The lowest BCUT2D eigenvalue weighted by atomic mass is 10.1. The van der Waals surface area contributed by atoms with Gasteiger partial charge in [0, 0.05) is 59.1 Å². The first kappa shape index (κ1) is 23.6. The highest BCUT2D eigenvalue weighted by Gasteiger charge is 2.21. The Morgan fingerprint density at radius 3 is 2.52 bits per heavy atom. The Hall–Kier alpha value is -1.46. The second kappa shape index (κ2) is 12.8. The van der Waals surface area contributed by atoms with Crippen LogP contribution in [0.2, 0.25) is 0 Å². The number of nitrogens with one attached hydrogen (secondary N) is 1. The zero-order valence-electron chi connectivity index (χ0n) is 15.9. The number of rotatable bonds is 8. The summed E-state index contributed by atoms with van der Waals surface area (Å²) in [6, 6.07) is 6.56. The fourth-order valence-electron chi connectivity index (χ4n) is 2.94. The molecule has 0 saturated carbocycles. The van der Waals surface area contributed by atoms with Crippen LogP contribution in [0.5, 0.6) is 0 Å². The second-order valence-electron chi connectivity index (χ2n) is 6.23. The van der Waals surface area contributed by atoms with Gasteiger partial charge in [0.05, 0.1) is 11.0 Å². The van der Waals surface area contributed by atoms with Gasteiger partial charge in [-0.15, -0.1) is 24.0 Å². The lowest BCUT2D eigenvalue weighted by Gasteiger charge is -2.34. The Balaban J connectivity index is 0.00000364. The van der Waals surface area contributed by atoms with Crippen LogP contribution >= 0.6 is 24.0 Å². The monoisotopic (exact) mass is 492 g/mol. The quantitative estimate of drug-likeness (QED) is 0.150. The van der Waals surface area contributed by atoms with Crippen LogP contribution in [-0.4, -0.2) is 62.3 Å². The number of halogens is 1. The first-order valence-corrected chi connectivity index (χ1v) is 8.93. The van der Waals surface area contributed by atoms with Crippen LogP contribution in [0, 0.1) is 10.1 Å². The molecule has 0 aromatic heterocycles. The predicted molar refractivity (Wildman–Crippen MR) is 116 cm³/mol. The standard InChI is InChI=1S/C18H28N4O4.HI/c1-19-18(20-14-15-4-6-16(7-5-15)22(23)24)21-10-8-17(9-11-21)26-13-3-12-25-2;/h4-7,17H,3,8-14H2,1-2H3,(H,19,20);1H. The van der Waals surface area contributed by atoms with E-state index < -0.39 is 4.92 Å². The normalized spacial score (nSPS) is 15.3. The molecule has 0 atom stereocenters. The van der Waals surface area contributed by atoms with E-state index in [0.717, 1.165) is 57.1 Å². The Labute approximate surface area is 177 Å². The minimum absolute atomic E-state index is 0. The Kier molecular flexibility index (Phi) is 11.2. The Morgan fingerprint density at radius 1 is 1.30 bits per heavy atom. The summed E-state index contributed by atoms with van der Waals surface area (Å²) in [4.78, 5) is 16.9. The van der Waals surface area contributed by atoms with Gasteiger partial charge in [0.15, 0.2) is 5.96 Å². The molecule has 2 rings (SSSR count). The van der Waals surface area contributed by atoms with Crippen molar-refractivity contribution in [3.8, 4) is 0 Å². The molecule has 1 N–H and O–H groups in total. The fraction of sp³-hybridized carbons (Fsp3) is 0.611. The van der Waals surface area contributed by atoms with Crippen LogP contribution in [0.15, 0.2) is 29.3 Å². The van der Waals surface area contributed by atoms with Crippen molar-refractivity contribution in [3.05, 3.63) is 39.9 Å². The maximum absolute atomic E-state index is 10.7. The van der Waals surface area contributed by atoms with E-state index in [2.05, 4.69) is 15.2 Å². The number of non-ortho nitro benzene ring substituents is 1. The minimum Gasteiger partial charge on any atom is -0.385 e. The number of nitrogens with zero attached hydrogens (tertiary/aromatic N) is 3. The van der Waals surface area contributed by atoms with Gasteiger partial charge in [0.1, 0.15) is 0 Å². The molecule has 1 aromatic rings. The molecular weight excluding hydrogens is 463 g/mol. The number of likely N-dealkylation sites (tertiary alicyclic amines) is 1. The number of piperidine rings is 1. The van der Waals surface area contributed by atoms with E-state index in [0.29, 0.717) is 12.6 Å². The molecule has 1 heterocycles. The van der Waals surface area contributed by atoms with Crippen molar-refractivity contribution in [3.63, 3.8) is 0 Å². The molecule has 1 aromatic carbocycles. The Morgan fingerprint density at radius 2 is 1.96 bits per heavy atom. The lowest BCUT2D eigenvalue weighted by Crippen LogP contribution is -2.46. The fourth-order valence-corrected chi connectivity index (χ4v) is 2.94. The molecule has 0 amide bonds. The molecule has 9 heteroatoms. The van der Waals surface area contributed by atoms with E-state index in [-0.39, 0.29) is 29.7 Å². The van der Waals surface area contributed by atoms with E-state index in [4.69, 9.17) is 9.47 Å². The highest BCUT2D eigenvalue weighted by atomic mass is 127. The lowest BCUT2D eigenvalue weighted by molar-refractivity contribution is -0.384. The third kappa shape index (κ3) is 7.97. The zero-order chi connectivity index (χ0) is 18.8. The summed E-state index contributed by atoms with van der Waals surface area (Å²) in [6.07, 6.45) is 3.18. The van der Waals surface area contributed by atoms with Gasteiger partial charge < -0.3 is 19.7 Å². The molecule has 0 bridgehead atoms. The van der Waals surface area contributed by atoms with Gasteiger partial charge in [-0.25, -0.2) is 0 Å². The predicted octanol–water partition coefficient (Wildman–Crippen LogP) is 2.81. The van der Waals surface area contributed by atoms with Crippen LogP contribution in [0.25, 0.3) is 0 Å². The summed E-state index contributed by atoms with van der Waals surface area (Å²) in [6.45, 7) is 3.85. The molecule has 0 unspecified atom stereocenters. The third-order valence-corrected chi connectivity index (χ3v) is 4.40. The summed E-state index contributed by atoms with van der Waals surface area (Å²) in [5.41, 5.74) is 1.08. The number of methoxy groups -OCH3 is 1. The number of ether oxygens (including phenoxy) is 2. The van der Waals surface area contributed by atoms with E-state index in [9.17, 15) is 10.1 Å². The largest absolute Gasteiger partial charge is 0.385 e. The highest BCUT2D eigenvalue weighted by molar-refractivity contribution is 14.0. The van der Waals surface area contributed by atoms with Crippen LogP contribution in [-0.2, 0) is 16.0 Å². The van der Waals surface area contributed by atoms with Crippen LogP contribution in [0.4, 0.5) is 5.69 Å². The van der Waals surface area contributed by atoms with Crippen LogP contribution < -0.4 is 5.32 Å². The minimum atomic E-state index is -0.391. The first-order chi connectivity index (χ1) is 12.6. The van der Waals surface area contributed by atoms with Gasteiger partial charge in [-0.1, -0.05) is 12.1 Å². The maximum Gasteiger partial charge on any atom is 0.269 e. The molecule has 27 heavy (non-hydrogen) atoms. The molecule has 1 saturated heterocycles. The molecule has 1 aliphatic heterocycles. The number of hydrogen-bond donors (Lipinski definition) is 1. The van der Waals surface area contributed by atoms with Crippen molar-refractivity contribution in [2.75, 3.05) is 40.5 Å². The number of hydrogen-bond acceptors (Lipinski definition) is 5. The molecular formula is C18H29IN4O4. The van der Waals surface area contributed by atoms with Gasteiger partial charge in [-0.2, -0.15) is 0 Å². The van der Waals surface area contributed by atoms with Gasteiger partial charge >= 0.3 is 0 Å². The maximum atomic E-state index is 10.7. The van der Waals surface area contributed by atoms with Crippen molar-refractivity contribution >= 4 is 35.6 Å². The van der Waals surface area contributed by atoms with Crippen molar-refractivity contribution in [1.82, 2.24) is 10.2 Å². The van der Waals surface area contributed by atoms with E-state index in [1.54, 1.807) is 26.3 Å². The van der Waals surface area contributed by atoms with E-state index >= 15 is 0 Å². The molecule has 0 spiro atoms. The van der Waals surface area contributed by atoms with Gasteiger partial charge in [0.25, 0.3) is 5.69 Å². The SMILES string of the molecule is CN=C(NCc1ccc([N+](=O)[O-])cc1)N1CCC(OCCCOC)CC1.I. The van der Waals surface area contributed by atoms with Crippen molar-refractivity contribution in [2.45, 2.75) is 31.9 Å². The first-order valence-electron chi connectivity index (χ1n) is 8.93. The molecule has 1 fully saturated rings. The molecule has 1 aliphatic rings. The van der Waals surface area contributed by atoms with Crippen LogP contribution in [0.1, 0.15) is 24.8 Å². The summed E-state index contributed by atoms with van der Waals surface area (Å²) in [5, 5.41) is 14.0. The summed E-state index contributed by atoms with van der Waals surface area (Å²) in [5.74, 6) is 0.848. The zero-order valence-corrected chi connectivity index (χ0v) is 18.3. The number of aliphatic imine (C=N–C) groups is 1. The van der Waals surface area contributed by atoms with Crippen LogP contribution in [0.3, 0.4) is 0 Å². The average Bonchev–Trinajstić information content (AvgIpc) is 2.67. The number of guanidine groups is 1. The molecule has 0 aliphatic carbocycles. The van der Waals surface area contributed by atoms with Gasteiger partial charge in [0.2, 0.25) is 0 Å². The topological polar surface area (TPSA) is 89.2 Å². The highest BCUT2D eigenvalue weighted by Crippen LogP contribution is 2.15. The summed E-state index contributed by atoms with van der Waals surface area (Å²) in [7, 11) is 3.47. The van der Waals surface area contributed by atoms with Crippen molar-refractivity contribution in [2.24, 2.45) is 4.99 Å². The third-order valence-electron chi connectivity index (χ3n) is 4.40. The average molecular weight is 492 g/mol. The second-order valence-corrected chi connectivity index (χ2v) is 6.23. The van der Waals surface area contributed by atoms with E-state index in [1.165, 1.54) is 12.1 Å². The van der Waals surface area contributed by atoms with Gasteiger partial charge in [-0.3, -0.25) is 15.1 Å². The van der Waals surface area contributed by atoms with Crippen molar-refractivity contribution in [1.29, 1.82) is 0 Å². The summed E-state index contributed by atoms with van der Waals surface area (Å²) < 4.78 is 10.9. The smallest absolute Gasteiger partial charge is 0.269 e. The molecule has 152 valence electrons. The van der Waals surface area contributed by atoms with Crippen molar-refractivity contribution < 1.29 is 14.4 Å². The Bertz CT molecular complexity index is 590. The molecule has 8 nitrogen and oxygen atoms in total. The number of nitro benzene ring substituents is 1. The number of benzene rings is 1. The van der Waals surface area contributed by atoms with E-state index in [1.807, 2.05) is 0 Å².